The molecule has 1 aliphatic carbocycles. The maximum atomic E-state index is 12.2. The molecule has 2 aliphatic rings. The molecule has 0 bridgehead atoms. The lowest BCUT2D eigenvalue weighted by Gasteiger charge is -2.38. The van der Waals surface area contributed by atoms with Crippen LogP contribution in [0.3, 0.4) is 0 Å². The molecule has 0 aromatic carbocycles. The molecule has 0 spiro atoms. The number of likely N-dealkylation sites (tertiary alicyclic amines) is 1. The standard InChI is InChI=1S/C19H29N3O/c23-19(14-16-8-5-6-12-20-16)21-17-9-7-13-22(15-17)18-10-3-1-2-4-11-18/h5-6,8,12,17-18H,1-4,7,9-11,13-15H2,(H,21,23)/t17-/m0/s1. The van der Waals surface area contributed by atoms with Crippen LogP contribution in [0.15, 0.2) is 24.4 Å². The van der Waals surface area contributed by atoms with Crippen LogP contribution in [0.1, 0.15) is 57.1 Å². The average molecular weight is 315 g/mol. The number of amides is 1. The van der Waals surface area contributed by atoms with E-state index < -0.39 is 0 Å². The van der Waals surface area contributed by atoms with Crippen molar-refractivity contribution in [3.63, 3.8) is 0 Å². The van der Waals surface area contributed by atoms with Gasteiger partial charge in [0.05, 0.1) is 6.42 Å². The van der Waals surface area contributed by atoms with Gasteiger partial charge in [0.25, 0.3) is 0 Å². The molecule has 4 nitrogen and oxygen atoms in total. The van der Waals surface area contributed by atoms with Crippen LogP contribution in [0.5, 0.6) is 0 Å². The van der Waals surface area contributed by atoms with E-state index in [0.717, 1.165) is 24.7 Å². The summed E-state index contributed by atoms with van der Waals surface area (Å²) in [5.74, 6) is 0.108. The van der Waals surface area contributed by atoms with Crippen molar-refractivity contribution in [3.8, 4) is 0 Å². The normalized spacial score (nSPS) is 24.1. The highest BCUT2D eigenvalue weighted by Gasteiger charge is 2.27. The Kier molecular flexibility index (Phi) is 6.03. The van der Waals surface area contributed by atoms with Crippen LogP contribution in [0.25, 0.3) is 0 Å². The smallest absolute Gasteiger partial charge is 0.226 e. The monoisotopic (exact) mass is 315 g/mol. The lowest BCUT2D eigenvalue weighted by atomic mass is 9.99. The van der Waals surface area contributed by atoms with E-state index in [1.807, 2.05) is 18.2 Å². The van der Waals surface area contributed by atoms with Crippen LogP contribution >= 0.6 is 0 Å². The SMILES string of the molecule is O=C(Cc1ccccn1)N[C@H]1CCCN(C2CCCCCC2)C1. The second kappa shape index (κ2) is 8.44. The van der Waals surface area contributed by atoms with E-state index in [1.165, 1.54) is 51.5 Å². The van der Waals surface area contributed by atoms with Gasteiger partial charge in [-0.2, -0.15) is 0 Å². The third-order valence-corrected chi connectivity index (χ3v) is 5.23. The molecule has 0 unspecified atom stereocenters. The molecule has 126 valence electrons. The molecule has 1 amide bonds. The van der Waals surface area contributed by atoms with E-state index in [2.05, 4.69) is 15.2 Å². The Morgan fingerprint density at radius 1 is 1.13 bits per heavy atom. The summed E-state index contributed by atoms with van der Waals surface area (Å²) in [5, 5.41) is 3.23. The van der Waals surface area contributed by atoms with Gasteiger partial charge in [-0.1, -0.05) is 31.7 Å². The van der Waals surface area contributed by atoms with Crippen LogP contribution in [0, 0.1) is 0 Å². The van der Waals surface area contributed by atoms with E-state index in [4.69, 9.17) is 0 Å². The highest BCUT2D eigenvalue weighted by Crippen LogP contribution is 2.24. The molecule has 1 saturated carbocycles. The third kappa shape index (κ3) is 5.03. The molecule has 1 aromatic heterocycles. The fourth-order valence-corrected chi connectivity index (χ4v) is 4.02. The Balaban J connectivity index is 1.49. The number of hydrogen-bond donors (Lipinski definition) is 1. The quantitative estimate of drug-likeness (QED) is 0.869. The predicted molar refractivity (Wildman–Crippen MR) is 92.2 cm³/mol. The summed E-state index contributed by atoms with van der Waals surface area (Å²) < 4.78 is 0. The van der Waals surface area contributed by atoms with Crippen LogP contribution in [0.4, 0.5) is 0 Å². The number of rotatable bonds is 4. The van der Waals surface area contributed by atoms with E-state index in [0.29, 0.717) is 12.5 Å². The van der Waals surface area contributed by atoms with Crippen LogP contribution in [-0.2, 0) is 11.2 Å². The van der Waals surface area contributed by atoms with Gasteiger partial charge in [0.1, 0.15) is 0 Å². The molecule has 1 saturated heterocycles. The molecule has 0 radical (unpaired) electrons. The van der Waals surface area contributed by atoms with Gasteiger partial charge in [0.15, 0.2) is 0 Å². The predicted octanol–water partition coefficient (Wildman–Crippen LogP) is 2.93. The van der Waals surface area contributed by atoms with Crippen molar-refractivity contribution < 1.29 is 4.79 Å². The van der Waals surface area contributed by atoms with Crippen LogP contribution in [-0.4, -0.2) is 41.0 Å². The highest BCUT2D eigenvalue weighted by molar-refractivity contribution is 5.78. The van der Waals surface area contributed by atoms with E-state index in [9.17, 15) is 4.79 Å². The number of hydrogen-bond acceptors (Lipinski definition) is 3. The Bertz CT molecular complexity index is 483. The Morgan fingerprint density at radius 2 is 1.96 bits per heavy atom. The molecule has 1 aliphatic heterocycles. The number of nitrogens with one attached hydrogen (secondary N) is 1. The van der Waals surface area contributed by atoms with Gasteiger partial charge >= 0.3 is 0 Å². The van der Waals surface area contributed by atoms with Gasteiger partial charge in [-0.25, -0.2) is 0 Å². The first kappa shape index (κ1) is 16.4. The largest absolute Gasteiger partial charge is 0.352 e. The first-order valence-electron chi connectivity index (χ1n) is 9.24. The number of carbonyl (C=O) groups is 1. The van der Waals surface area contributed by atoms with Crippen molar-refractivity contribution in [2.24, 2.45) is 0 Å². The number of nitrogens with zero attached hydrogens (tertiary/aromatic N) is 2. The van der Waals surface area contributed by atoms with Crippen molar-refractivity contribution in [1.29, 1.82) is 0 Å². The summed E-state index contributed by atoms with van der Waals surface area (Å²) in [5.41, 5.74) is 0.849. The van der Waals surface area contributed by atoms with Gasteiger partial charge in [-0.3, -0.25) is 14.7 Å². The van der Waals surface area contributed by atoms with Gasteiger partial charge in [0, 0.05) is 30.5 Å². The fraction of sp³-hybridized carbons (Fsp3) is 0.684. The topological polar surface area (TPSA) is 45.2 Å². The molecular weight excluding hydrogens is 286 g/mol. The number of piperidine rings is 1. The van der Waals surface area contributed by atoms with Crippen molar-refractivity contribution in [1.82, 2.24) is 15.2 Å². The molecule has 1 aromatic rings. The summed E-state index contributed by atoms with van der Waals surface area (Å²) in [6, 6.07) is 6.78. The minimum atomic E-state index is 0.108. The zero-order chi connectivity index (χ0) is 15.9. The molecular formula is C19H29N3O. The van der Waals surface area contributed by atoms with Gasteiger partial charge in [-0.05, 0) is 44.4 Å². The van der Waals surface area contributed by atoms with E-state index in [-0.39, 0.29) is 5.91 Å². The lowest BCUT2D eigenvalue weighted by molar-refractivity contribution is -0.121. The summed E-state index contributed by atoms with van der Waals surface area (Å²) in [4.78, 5) is 19.1. The van der Waals surface area contributed by atoms with Crippen LogP contribution in [0.2, 0.25) is 0 Å². The molecule has 3 rings (SSSR count). The van der Waals surface area contributed by atoms with Crippen molar-refractivity contribution >= 4 is 5.91 Å². The average Bonchev–Trinajstić information content (AvgIpc) is 2.85. The van der Waals surface area contributed by atoms with Gasteiger partial charge in [-0.15, -0.1) is 0 Å². The summed E-state index contributed by atoms with van der Waals surface area (Å²) in [6.45, 7) is 2.23. The van der Waals surface area contributed by atoms with Gasteiger partial charge in [0.2, 0.25) is 5.91 Å². The van der Waals surface area contributed by atoms with E-state index >= 15 is 0 Å². The molecule has 2 fully saturated rings. The van der Waals surface area contributed by atoms with Crippen LogP contribution < -0.4 is 5.32 Å². The number of aromatic nitrogens is 1. The van der Waals surface area contributed by atoms with Crippen molar-refractivity contribution in [2.75, 3.05) is 13.1 Å². The van der Waals surface area contributed by atoms with Gasteiger partial charge < -0.3 is 5.32 Å². The third-order valence-electron chi connectivity index (χ3n) is 5.23. The molecule has 2 heterocycles. The number of pyridine rings is 1. The molecule has 23 heavy (non-hydrogen) atoms. The highest BCUT2D eigenvalue weighted by atomic mass is 16.1. The van der Waals surface area contributed by atoms with Crippen molar-refractivity contribution in [2.45, 2.75) is 69.9 Å². The van der Waals surface area contributed by atoms with Crippen molar-refractivity contribution in [3.05, 3.63) is 30.1 Å². The maximum Gasteiger partial charge on any atom is 0.226 e. The molecule has 1 atom stereocenters. The summed E-state index contributed by atoms with van der Waals surface area (Å²) >= 11 is 0. The fourth-order valence-electron chi connectivity index (χ4n) is 4.02. The van der Waals surface area contributed by atoms with E-state index in [1.54, 1.807) is 6.20 Å². The Hall–Kier alpha value is -1.42. The summed E-state index contributed by atoms with van der Waals surface area (Å²) in [6.07, 6.45) is 12.7. The Labute approximate surface area is 139 Å². The number of carbonyl (C=O) groups excluding carboxylic acids is 1. The minimum Gasteiger partial charge on any atom is -0.352 e. The first-order valence-corrected chi connectivity index (χ1v) is 9.24. The second-order valence-corrected chi connectivity index (χ2v) is 7.04. The zero-order valence-corrected chi connectivity index (χ0v) is 14.0. The zero-order valence-electron chi connectivity index (χ0n) is 14.0. The Morgan fingerprint density at radius 3 is 2.70 bits per heavy atom. The lowest BCUT2D eigenvalue weighted by Crippen LogP contribution is -2.51. The minimum absolute atomic E-state index is 0.108. The summed E-state index contributed by atoms with van der Waals surface area (Å²) in [7, 11) is 0. The first-order chi connectivity index (χ1) is 11.3. The molecule has 1 N–H and O–H groups in total. The second-order valence-electron chi connectivity index (χ2n) is 7.04. The maximum absolute atomic E-state index is 12.2. The molecule has 4 heteroatoms.